The Morgan fingerprint density at radius 2 is 1.02 bits per heavy atom. The van der Waals surface area contributed by atoms with Crippen LogP contribution in [0.3, 0.4) is 0 Å². The second-order valence-corrected chi connectivity index (χ2v) is 11.7. The molecule has 4 aromatic rings. The van der Waals surface area contributed by atoms with Crippen LogP contribution in [0.5, 0.6) is 17.2 Å². The first-order valence-electron chi connectivity index (χ1n) is 16.8. The molecule has 0 radical (unpaired) electrons. The molecule has 58 heavy (non-hydrogen) atoms. The van der Waals surface area contributed by atoms with Crippen LogP contribution in [0.1, 0.15) is 56.8 Å². The number of ether oxygens (including phenoxy) is 2. The van der Waals surface area contributed by atoms with Crippen LogP contribution in [0.25, 0.3) is 11.1 Å². The van der Waals surface area contributed by atoms with Crippen LogP contribution in [0.4, 0.5) is 0 Å². The largest absolute Gasteiger partial charge is 1.00 e. The maximum absolute atomic E-state index is 12.1. The summed E-state index contributed by atoms with van der Waals surface area (Å²) in [5, 5.41) is 46.7. The summed E-state index contributed by atoms with van der Waals surface area (Å²) in [7, 11) is 0. The number of carbonyl (C=O) groups excluding carboxylic acids is 4. The predicted molar refractivity (Wildman–Crippen MR) is 194 cm³/mol. The third kappa shape index (κ3) is 13.4. The van der Waals surface area contributed by atoms with Crippen molar-refractivity contribution in [2.75, 3.05) is 13.2 Å². The number of aromatic carboxylic acids is 2. The Bertz CT molecular complexity index is 2300. The molecule has 0 heterocycles. The van der Waals surface area contributed by atoms with Gasteiger partial charge in [-0.2, -0.15) is 0 Å². The van der Waals surface area contributed by atoms with Crippen LogP contribution in [0, 0.1) is 0 Å². The predicted octanol–water partition coefficient (Wildman–Crippen LogP) is -7.98. The Kier molecular flexibility index (Phi) is 23.2. The molecule has 0 unspecified atom stereocenters. The number of benzene rings is 4. The van der Waals surface area contributed by atoms with Crippen LogP contribution in [-0.2, 0) is 14.3 Å². The zero-order valence-corrected chi connectivity index (χ0v) is 41.2. The molecule has 14 heteroatoms. The molecule has 0 amide bonds. The summed E-state index contributed by atoms with van der Waals surface area (Å²) in [4.78, 5) is 46.7. The monoisotopic (exact) mass is 812 g/mol. The molecule has 0 saturated carbocycles. The number of allylic oxidation sites excluding steroid dienone is 9. The van der Waals surface area contributed by atoms with Gasteiger partial charge in [-0.1, -0.05) is 109 Å². The Labute approximate surface area is 424 Å². The molecule has 0 N–H and O–H groups in total. The van der Waals surface area contributed by atoms with Gasteiger partial charge >= 0.3 is 118 Å². The molecule has 6 rings (SSSR count). The van der Waals surface area contributed by atoms with E-state index in [4.69, 9.17) is 9.47 Å². The maximum Gasteiger partial charge on any atom is 1.00 e. The molecule has 0 fully saturated rings. The molecule has 0 spiro atoms. The molecule has 0 aromatic heterocycles. The van der Waals surface area contributed by atoms with Crippen LogP contribution < -0.4 is 143 Å². The van der Waals surface area contributed by atoms with Crippen molar-refractivity contribution < 1.29 is 167 Å². The van der Waals surface area contributed by atoms with E-state index in [-0.39, 0.29) is 164 Å². The SMILES string of the molecule is CCOC1=C/C(=C(/c2ccc([O-])c(OCC)c2)c2ccccc2C(=O)[O-])C=CC1=O.O=C1C=CC(=C(c2ccc([O-])cc2)c2ccccc2C(=O)[O-])C=C1.[Na+].[Na+].[Na+].[Na+]. The summed E-state index contributed by atoms with van der Waals surface area (Å²) in [6.45, 7) is 4.15. The van der Waals surface area contributed by atoms with E-state index in [0.717, 1.165) is 0 Å². The van der Waals surface area contributed by atoms with E-state index in [2.05, 4.69) is 0 Å². The van der Waals surface area contributed by atoms with E-state index >= 15 is 0 Å². The van der Waals surface area contributed by atoms with Crippen molar-refractivity contribution in [3.63, 3.8) is 0 Å². The van der Waals surface area contributed by atoms with Crippen molar-refractivity contribution in [3.05, 3.63) is 184 Å². The standard InChI is InChI=1S/C24H22O6.C20H14O4.4Na/c1-3-29-21-13-15(9-11-19(21)25)23(17-7-5-6-8-18(17)24(27)28)16-10-12-20(26)22(14-16)30-4-2;21-15-9-5-13(6-10-15)19(14-7-11-16(22)12-8-14)17-3-1-2-4-18(17)20(23)24;;;;/h5-14,25H,3-4H2,1-2H3,(H,27,28);1-12,21H,(H,23,24);;;;/q;;4*+1/p-4/b23-16-;;;;;. The molecular formula is C44H32Na4O10. The minimum atomic E-state index is -1.33. The Morgan fingerprint density at radius 1 is 0.552 bits per heavy atom. The summed E-state index contributed by atoms with van der Waals surface area (Å²) < 4.78 is 10.9. The molecule has 0 bridgehead atoms. The summed E-state index contributed by atoms with van der Waals surface area (Å²) in [5.74, 6) is -3.14. The van der Waals surface area contributed by atoms with Crippen molar-refractivity contribution in [1.29, 1.82) is 0 Å². The van der Waals surface area contributed by atoms with Crippen LogP contribution in [-0.4, -0.2) is 36.7 Å². The zero-order valence-electron chi connectivity index (χ0n) is 33.2. The Hall–Kier alpha value is -3.20. The minimum absolute atomic E-state index is 0. The first-order chi connectivity index (χ1) is 26.0. The third-order valence-electron chi connectivity index (χ3n) is 8.18. The van der Waals surface area contributed by atoms with Gasteiger partial charge in [-0.3, -0.25) is 9.59 Å². The number of hydrogen-bond donors (Lipinski definition) is 0. The number of rotatable bonds is 10. The number of carboxylic acids is 2. The molecule has 10 nitrogen and oxygen atoms in total. The quantitative estimate of drug-likeness (QED) is 0.140. The molecule has 0 atom stereocenters. The van der Waals surface area contributed by atoms with Crippen LogP contribution in [0.15, 0.2) is 150 Å². The second kappa shape index (κ2) is 25.4. The van der Waals surface area contributed by atoms with Gasteiger partial charge < -0.3 is 39.5 Å². The second-order valence-electron chi connectivity index (χ2n) is 11.7. The molecule has 4 aromatic carbocycles. The van der Waals surface area contributed by atoms with Gasteiger partial charge in [0.1, 0.15) is 5.75 Å². The van der Waals surface area contributed by atoms with Gasteiger partial charge in [-0.05, 0) is 88.8 Å². The topological polar surface area (TPSA) is 179 Å². The molecule has 0 aliphatic heterocycles. The minimum Gasteiger partial charge on any atom is -0.872 e. The van der Waals surface area contributed by atoms with Crippen molar-refractivity contribution in [2.45, 2.75) is 13.8 Å². The van der Waals surface area contributed by atoms with Gasteiger partial charge in [0.25, 0.3) is 0 Å². The molecule has 2 aliphatic rings. The van der Waals surface area contributed by atoms with E-state index < -0.39 is 11.9 Å². The van der Waals surface area contributed by atoms with Crippen molar-refractivity contribution in [2.24, 2.45) is 0 Å². The van der Waals surface area contributed by atoms with E-state index in [0.29, 0.717) is 57.8 Å². The summed E-state index contributed by atoms with van der Waals surface area (Å²) >= 11 is 0. The zero-order chi connectivity index (χ0) is 38.8. The van der Waals surface area contributed by atoms with Gasteiger partial charge in [0, 0.05) is 11.1 Å². The molecule has 272 valence electrons. The number of carboxylic acid groups (broad SMARTS) is 2. The van der Waals surface area contributed by atoms with Crippen molar-refractivity contribution >= 4 is 34.7 Å². The van der Waals surface area contributed by atoms with Gasteiger partial charge in [-0.25, -0.2) is 0 Å². The average Bonchev–Trinajstić information content (AvgIpc) is 3.16. The average molecular weight is 813 g/mol. The Morgan fingerprint density at radius 3 is 1.52 bits per heavy atom. The van der Waals surface area contributed by atoms with Crippen LogP contribution >= 0.6 is 0 Å². The maximum atomic E-state index is 12.1. The van der Waals surface area contributed by atoms with Crippen LogP contribution in [0.2, 0.25) is 0 Å². The fourth-order valence-corrected chi connectivity index (χ4v) is 5.82. The van der Waals surface area contributed by atoms with E-state index in [1.54, 1.807) is 98.8 Å². The van der Waals surface area contributed by atoms with E-state index in [9.17, 15) is 39.6 Å². The summed E-state index contributed by atoms with van der Waals surface area (Å²) in [6, 6.07) is 23.5. The van der Waals surface area contributed by atoms with Gasteiger partial charge in [0.05, 0.1) is 25.2 Å². The normalized spacial score (nSPS) is 13.1. The molecular weight excluding hydrogens is 780 g/mol. The van der Waals surface area contributed by atoms with E-state index in [1.807, 2.05) is 0 Å². The van der Waals surface area contributed by atoms with Gasteiger partial charge in [0.2, 0.25) is 5.78 Å². The summed E-state index contributed by atoms with van der Waals surface area (Å²) in [6.07, 6.45) is 10.6. The number of ketones is 2. The molecule has 0 saturated heterocycles. The van der Waals surface area contributed by atoms with E-state index in [1.165, 1.54) is 48.6 Å². The number of hydrogen-bond acceptors (Lipinski definition) is 10. The Balaban J connectivity index is 0.000000553. The van der Waals surface area contributed by atoms with Crippen molar-refractivity contribution in [3.8, 4) is 17.2 Å². The first kappa shape index (κ1) is 52.8. The smallest absolute Gasteiger partial charge is 0.872 e. The van der Waals surface area contributed by atoms with Crippen molar-refractivity contribution in [1.82, 2.24) is 0 Å². The summed E-state index contributed by atoms with van der Waals surface area (Å²) in [5.41, 5.74) is 4.51. The fourth-order valence-electron chi connectivity index (χ4n) is 5.82. The third-order valence-corrected chi connectivity index (χ3v) is 8.18. The number of carbonyl (C=O) groups is 4. The van der Waals surface area contributed by atoms with Gasteiger partial charge in [-0.15, -0.1) is 5.75 Å². The fraction of sp³-hybridized carbons (Fsp3) is 0.0909. The van der Waals surface area contributed by atoms with Gasteiger partial charge in [0.15, 0.2) is 11.5 Å². The first-order valence-corrected chi connectivity index (χ1v) is 16.8. The molecule has 2 aliphatic carbocycles.